The van der Waals surface area contributed by atoms with Crippen LogP contribution in [-0.2, 0) is 6.54 Å². The maximum atomic E-state index is 4.40. The van der Waals surface area contributed by atoms with Gasteiger partial charge in [0.25, 0.3) is 0 Å². The van der Waals surface area contributed by atoms with Gasteiger partial charge in [-0.15, -0.1) is 0 Å². The summed E-state index contributed by atoms with van der Waals surface area (Å²) in [4.78, 5) is 4.40. The number of hydrogen-bond donors (Lipinski definition) is 1. The van der Waals surface area contributed by atoms with Gasteiger partial charge in [0.1, 0.15) is 0 Å². The SMILES string of the molecule is CC.CCCC(C)C(/C=C(\C)NCc1ccccc1)=NC. The molecule has 0 fully saturated rings. The molecule has 1 atom stereocenters. The zero-order valence-corrected chi connectivity index (χ0v) is 14.6. The molecule has 1 aromatic rings. The van der Waals surface area contributed by atoms with E-state index >= 15 is 0 Å². The molecule has 0 bridgehead atoms. The first kappa shape index (κ1) is 19.4. The van der Waals surface area contributed by atoms with Gasteiger partial charge in [-0.2, -0.15) is 0 Å². The standard InChI is InChI=1S/C17H26N2.C2H6/c1-5-9-14(2)17(18-4)12-15(3)19-13-16-10-7-6-8-11-16;1-2/h6-8,10-12,14,19H,5,9,13H2,1-4H3;1-2H3/b15-12+,18-17?;. The third-order valence-corrected chi connectivity index (χ3v) is 3.26. The van der Waals surface area contributed by atoms with Crippen molar-refractivity contribution >= 4 is 5.71 Å². The summed E-state index contributed by atoms with van der Waals surface area (Å²) < 4.78 is 0. The maximum Gasteiger partial charge on any atom is 0.0397 e. The van der Waals surface area contributed by atoms with Crippen molar-refractivity contribution < 1.29 is 0 Å². The first-order valence-electron chi connectivity index (χ1n) is 8.10. The third-order valence-electron chi connectivity index (χ3n) is 3.26. The van der Waals surface area contributed by atoms with E-state index in [4.69, 9.17) is 0 Å². The van der Waals surface area contributed by atoms with E-state index in [0.717, 1.165) is 6.54 Å². The Morgan fingerprint density at radius 2 is 1.86 bits per heavy atom. The van der Waals surface area contributed by atoms with E-state index in [1.807, 2.05) is 27.0 Å². The third kappa shape index (κ3) is 8.34. The van der Waals surface area contributed by atoms with Crippen molar-refractivity contribution in [3.63, 3.8) is 0 Å². The fourth-order valence-electron chi connectivity index (χ4n) is 2.12. The highest BCUT2D eigenvalue weighted by Crippen LogP contribution is 2.10. The van der Waals surface area contributed by atoms with Crippen LogP contribution in [0.3, 0.4) is 0 Å². The summed E-state index contributed by atoms with van der Waals surface area (Å²) in [7, 11) is 1.88. The summed E-state index contributed by atoms with van der Waals surface area (Å²) in [5.74, 6) is 0.531. The molecule has 2 nitrogen and oxygen atoms in total. The molecule has 0 spiro atoms. The smallest absolute Gasteiger partial charge is 0.0397 e. The van der Waals surface area contributed by atoms with Gasteiger partial charge in [0.2, 0.25) is 0 Å². The highest BCUT2D eigenvalue weighted by Gasteiger charge is 2.06. The monoisotopic (exact) mass is 288 g/mol. The average molecular weight is 288 g/mol. The van der Waals surface area contributed by atoms with Gasteiger partial charge in [0.05, 0.1) is 0 Å². The lowest BCUT2D eigenvalue weighted by Gasteiger charge is -2.12. The van der Waals surface area contributed by atoms with Crippen molar-refractivity contribution in [1.82, 2.24) is 5.32 Å². The second kappa shape index (κ2) is 12.2. The van der Waals surface area contributed by atoms with Crippen LogP contribution in [0.25, 0.3) is 0 Å². The van der Waals surface area contributed by atoms with E-state index in [1.54, 1.807) is 0 Å². The van der Waals surface area contributed by atoms with Crippen molar-refractivity contribution in [3.05, 3.63) is 47.7 Å². The molecular formula is C19H32N2. The number of nitrogens with zero attached hydrogens (tertiary/aromatic N) is 1. The largest absolute Gasteiger partial charge is 0.384 e. The molecule has 0 aliphatic heterocycles. The van der Waals surface area contributed by atoms with Gasteiger partial charge in [0, 0.05) is 25.0 Å². The predicted molar refractivity (Wildman–Crippen MR) is 95.8 cm³/mol. The average Bonchev–Trinajstić information content (AvgIpc) is 2.53. The van der Waals surface area contributed by atoms with E-state index in [0.29, 0.717) is 5.92 Å². The lowest BCUT2D eigenvalue weighted by molar-refractivity contribution is 0.667. The van der Waals surface area contributed by atoms with Crippen LogP contribution in [0.15, 0.2) is 47.1 Å². The number of hydrogen-bond acceptors (Lipinski definition) is 2. The van der Waals surface area contributed by atoms with Gasteiger partial charge in [-0.1, -0.05) is 64.4 Å². The van der Waals surface area contributed by atoms with Crippen LogP contribution in [0, 0.1) is 5.92 Å². The fraction of sp³-hybridized carbons (Fsp3) is 0.526. The van der Waals surface area contributed by atoms with Crippen LogP contribution in [0.1, 0.15) is 53.0 Å². The van der Waals surface area contributed by atoms with Crippen LogP contribution in [0.2, 0.25) is 0 Å². The summed E-state index contributed by atoms with van der Waals surface area (Å²) >= 11 is 0. The Morgan fingerprint density at radius 3 is 2.38 bits per heavy atom. The Bertz CT molecular complexity index is 418. The molecule has 0 amide bonds. The summed E-state index contributed by atoms with van der Waals surface area (Å²) in [6.07, 6.45) is 4.56. The highest BCUT2D eigenvalue weighted by molar-refractivity contribution is 5.96. The normalized spacial score (nSPS) is 13.2. The van der Waals surface area contributed by atoms with Gasteiger partial charge >= 0.3 is 0 Å². The Morgan fingerprint density at radius 1 is 1.24 bits per heavy atom. The van der Waals surface area contributed by atoms with Crippen LogP contribution >= 0.6 is 0 Å². The lowest BCUT2D eigenvalue weighted by atomic mass is 9.99. The molecule has 0 aliphatic rings. The Kier molecular flexibility index (Phi) is 11.3. The number of nitrogens with one attached hydrogen (secondary N) is 1. The van der Waals surface area contributed by atoms with E-state index < -0.39 is 0 Å². The van der Waals surface area contributed by atoms with Gasteiger partial charge < -0.3 is 5.32 Å². The van der Waals surface area contributed by atoms with Crippen LogP contribution < -0.4 is 5.32 Å². The molecule has 0 saturated heterocycles. The molecule has 2 heteroatoms. The highest BCUT2D eigenvalue weighted by atomic mass is 14.9. The predicted octanol–water partition coefficient (Wildman–Crippen LogP) is 5.21. The topological polar surface area (TPSA) is 24.4 Å². The fourth-order valence-corrected chi connectivity index (χ4v) is 2.12. The van der Waals surface area contributed by atoms with E-state index in [9.17, 15) is 0 Å². The van der Waals surface area contributed by atoms with Gasteiger partial charge in [-0.05, 0) is 30.9 Å². The molecular weight excluding hydrogens is 256 g/mol. The number of benzene rings is 1. The van der Waals surface area contributed by atoms with E-state index in [-0.39, 0.29) is 0 Å². The second-order valence-corrected chi connectivity index (χ2v) is 5.00. The lowest BCUT2D eigenvalue weighted by Crippen LogP contribution is -2.15. The van der Waals surface area contributed by atoms with Crippen molar-refractivity contribution in [2.75, 3.05) is 7.05 Å². The maximum absolute atomic E-state index is 4.40. The Balaban J connectivity index is 0.00000191. The molecule has 1 unspecified atom stereocenters. The number of aliphatic imine (C=N–C) groups is 1. The summed E-state index contributed by atoms with van der Waals surface area (Å²) in [6, 6.07) is 10.4. The quantitative estimate of drug-likeness (QED) is 0.684. The van der Waals surface area contributed by atoms with Gasteiger partial charge in [0.15, 0.2) is 0 Å². The van der Waals surface area contributed by atoms with Crippen molar-refractivity contribution in [3.8, 4) is 0 Å². The summed E-state index contributed by atoms with van der Waals surface area (Å²) in [6.45, 7) is 11.4. The first-order valence-corrected chi connectivity index (χ1v) is 8.10. The first-order chi connectivity index (χ1) is 10.2. The molecule has 1 rings (SSSR count). The van der Waals surface area contributed by atoms with Crippen molar-refractivity contribution in [2.24, 2.45) is 10.9 Å². The number of allylic oxidation sites excluding steroid dienone is 2. The molecule has 1 N–H and O–H groups in total. The second-order valence-electron chi connectivity index (χ2n) is 5.00. The molecule has 0 aliphatic carbocycles. The van der Waals surface area contributed by atoms with Crippen molar-refractivity contribution in [2.45, 2.75) is 54.0 Å². The summed E-state index contributed by atoms with van der Waals surface area (Å²) in [5, 5.41) is 3.44. The Labute approximate surface area is 131 Å². The van der Waals surface area contributed by atoms with Gasteiger partial charge in [-0.25, -0.2) is 0 Å². The zero-order valence-electron chi connectivity index (χ0n) is 14.6. The van der Waals surface area contributed by atoms with Crippen molar-refractivity contribution in [1.29, 1.82) is 0 Å². The molecule has 0 saturated carbocycles. The molecule has 1 aromatic carbocycles. The van der Waals surface area contributed by atoms with E-state index in [1.165, 1.54) is 29.8 Å². The van der Waals surface area contributed by atoms with E-state index in [2.05, 4.69) is 61.4 Å². The van der Waals surface area contributed by atoms with Crippen LogP contribution in [0.4, 0.5) is 0 Å². The van der Waals surface area contributed by atoms with Gasteiger partial charge in [-0.3, -0.25) is 4.99 Å². The van der Waals surface area contributed by atoms with Crippen LogP contribution in [-0.4, -0.2) is 12.8 Å². The molecule has 0 radical (unpaired) electrons. The summed E-state index contributed by atoms with van der Waals surface area (Å²) in [5.41, 5.74) is 3.65. The minimum Gasteiger partial charge on any atom is -0.384 e. The minimum atomic E-state index is 0.531. The minimum absolute atomic E-state index is 0.531. The van der Waals surface area contributed by atoms with Crippen LogP contribution in [0.5, 0.6) is 0 Å². The Hall–Kier alpha value is -1.57. The molecule has 0 heterocycles. The molecule has 21 heavy (non-hydrogen) atoms. The number of rotatable bonds is 7. The molecule has 0 aromatic heterocycles. The zero-order chi connectivity index (χ0) is 16.1. The molecule has 118 valence electrons.